The SMILES string of the molecule is C=CCN(c1ccc(Cl)cc1)S(=O)(=O)c1cc(C(=O)Nc2cc(C)nn2C)ccc1Cl. The Morgan fingerprint density at radius 1 is 1.19 bits per heavy atom. The van der Waals surface area contributed by atoms with Gasteiger partial charge in [-0.3, -0.25) is 13.8 Å². The molecular formula is C21H20Cl2N4O3S. The number of benzene rings is 2. The normalized spacial score (nSPS) is 11.2. The summed E-state index contributed by atoms with van der Waals surface area (Å²) in [5.41, 5.74) is 1.26. The van der Waals surface area contributed by atoms with Crippen LogP contribution in [0.3, 0.4) is 0 Å². The molecule has 0 fully saturated rings. The van der Waals surface area contributed by atoms with E-state index in [4.69, 9.17) is 23.2 Å². The quantitative estimate of drug-likeness (QED) is 0.500. The highest BCUT2D eigenvalue weighted by molar-refractivity contribution is 7.93. The van der Waals surface area contributed by atoms with Crippen molar-refractivity contribution >= 4 is 50.6 Å². The summed E-state index contributed by atoms with van der Waals surface area (Å²) in [4.78, 5) is 12.5. The molecular weight excluding hydrogens is 459 g/mol. The summed E-state index contributed by atoms with van der Waals surface area (Å²) in [6.07, 6.45) is 1.46. The summed E-state index contributed by atoms with van der Waals surface area (Å²) in [6.45, 7) is 5.44. The van der Waals surface area contributed by atoms with E-state index in [-0.39, 0.29) is 22.0 Å². The van der Waals surface area contributed by atoms with Gasteiger partial charge in [-0.2, -0.15) is 5.10 Å². The monoisotopic (exact) mass is 478 g/mol. The number of amides is 1. The van der Waals surface area contributed by atoms with Crippen LogP contribution in [-0.4, -0.2) is 30.7 Å². The summed E-state index contributed by atoms with van der Waals surface area (Å²) in [6, 6.07) is 12.1. The number of carbonyl (C=O) groups is 1. The lowest BCUT2D eigenvalue weighted by atomic mass is 10.2. The molecule has 3 rings (SSSR count). The maximum absolute atomic E-state index is 13.4. The van der Waals surface area contributed by atoms with Crippen molar-refractivity contribution in [3.05, 3.63) is 82.5 Å². The van der Waals surface area contributed by atoms with Crippen LogP contribution in [0.25, 0.3) is 0 Å². The first-order valence-electron chi connectivity index (χ1n) is 9.14. The van der Waals surface area contributed by atoms with E-state index < -0.39 is 15.9 Å². The van der Waals surface area contributed by atoms with Gasteiger partial charge in [0.05, 0.1) is 22.9 Å². The fourth-order valence-electron chi connectivity index (χ4n) is 2.94. The van der Waals surface area contributed by atoms with Gasteiger partial charge in [0, 0.05) is 23.7 Å². The molecule has 3 aromatic rings. The Labute approximate surface area is 190 Å². The van der Waals surface area contributed by atoms with Gasteiger partial charge in [-0.1, -0.05) is 29.3 Å². The zero-order valence-corrected chi connectivity index (χ0v) is 19.2. The van der Waals surface area contributed by atoms with E-state index in [0.717, 1.165) is 10.00 Å². The standard InChI is InChI=1S/C21H20Cl2N4O3S/c1-4-11-27(17-8-6-16(22)7-9-17)31(29,30)19-13-15(5-10-18(19)23)21(28)24-20-12-14(2)25-26(20)3/h4-10,12-13H,1,11H2,2-3H3,(H,24,28). The fraction of sp³-hybridized carbons (Fsp3) is 0.143. The Morgan fingerprint density at radius 2 is 1.87 bits per heavy atom. The molecule has 0 aliphatic rings. The smallest absolute Gasteiger partial charge is 0.266 e. The molecule has 0 unspecified atom stereocenters. The van der Waals surface area contributed by atoms with Crippen molar-refractivity contribution in [2.45, 2.75) is 11.8 Å². The summed E-state index contributed by atoms with van der Waals surface area (Å²) in [7, 11) is -2.41. The van der Waals surface area contributed by atoms with Crippen LogP contribution in [0.1, 0.15) is 16.1 Å². The van der Waals surface area contributed by atoms with Gasteiger partial charge in [-0.25, -0.2) is 8.42 Å². The molecule has 0 aliphatic heterocycles. The van der Waals surface area contributed by atoms with E-state index >= 15 is 0 Å². The van der Waals surface area contributed by atoms with Gasteiger partial charge < -0.3 is 5.32 Å². The third kappa shape index (κ3) is 4.92. The van der Waals surface area contributed by atoms with Crippen molar-refractivity contribution in [2.75, 3.05) is 16.2 Å². The minimum atomic E-state index is -4.10. The van der Waals surface area contributed by atoms with Crippen molar-refractivity contribution in [1.82, 2.24) is 9.78 Å². The van der Waals surface area contributed by atoms with Crippen LogP contribution in [0.5, 0.6) is 0 Å². The van der Waals surface area contributed by atoms with Gasteiger partial charge in [0.25, 0.3) is 15.9 Å². The Bertz CT molecular complexity index is 1240. The van der Waals surface area contributed by atoms with E-state index in [9.17, 15) is 13.2 Å². The molecule has 0 saturated carbocycles. The lowest BCUT2D eigenvalue weighted by molar-refractivity contribution is 0.102. The van der Waals surface area contributed by atoms with E-state index in [1.807, 2.05) is 0 Å². The number of hydrogen-bond donors (Lipinski definition) is 1. The van der Waals surface area contributed by atoms with E-state index in [0.29, 0.717) is 16.5 Å². The first-order chi connectivity index (χ1) is 14.6. The molecule has 7 nitrogen and oxygen atoms in total. The number of nitrogens with zero attached hydrogens (tertiary/aromatic N) is 3. The van der Waals surface area contributed by atoms with E-state index in [1.54, 1.807) is 44.3 Å². The lowest BCUT2D eigenvalue weighted by Gasteiger charge is -2.24. The number of aromatic nitrogens is 2. The second kappa shape index (κ2) is 9.13. The Balaban J connectivity index is 2.00. The molecule has 2 aromatic carbocycles. The third-order valence-electron chi connectivity index (χ3n) is 4.41. The molecule has 1 amide bonds. The van der Waals surface area contributed by atoms with Gasteiger partial charge in [0.2, 0.25) is 0 Å². The molecule has 0 atom stereocenters. The zero-order chi connectivity index (χ0) is 22.8. The molecule has 0 bridgehead atoms. The topological polar surface area (TPSA) is 84.3 Å². The Kier molecular flexibility index (Phi) is 6.74. The number of carbonyl (C=O) groups excluding carboxylic acids is 1. The Hall–Kier alpha value is -2.81. The summed E-state index contributed by atoms with van der Waals surface area (Å²) >= 11 is 12.2. The van der Waals surface area contributed by atoms with E-state index in [1.165, 1.54) is 29.0 Å². The first-order valence-corrected chi connectivity index (χ1v) is 11.3. The van der Waals surface area contributed by atoms with Crippen molar-refractivity contribution < 1.29 is 13.2 Å². The van der Waals surface area contributed by atoms with Crippen LogP contribution in [-0.2, 0) is 17.1 Å². The predicted octanol–water partition coefficient (Wildman–Crippen LogP) is 4.67. The number of halogens is 2. The van der Waals surface area contributed by atoms with Gasteiger partial charge in [-0.05, 0) is 49.4 Å². The summed E-state index contributed by atoms with van der Waals surface area (Å²) in [5, 5.41) is 7.36. The van der Waals surface area contributed by atoms with Gasteiger partial charge in [0.15, 0.2) is 0 Å². The zero-order valence-electron chi connectivity index (χ0n) is 16.8. The van der Waals surface area contributed by atoms with Crippen molar-refractivity contribution in [2.24, 2.45) is 7.05 Å². The molecule has 0 saturated heterocycles. The predicted molar refractivity (Wildman–Crippen MR) is 124 cm³/mol. The maximum Gasteiger partial charge on any atom is 0.266 e. The van der Waals surface area contributed by atoms with Crippen LogP contribution in [0.4, 0.5) is 11.5 Å². The van der Waals surface area contributed by atoms with Gasteiger partial charge in [-0.15, -0.1) is 6.58 Å². The number of aryl methyl sites for hydroxylation is 2. The maximum atomic E-state index is 13.4. The first kappa shape index (κ1) is 22.9. The number of rotatable bonds is 7. The highest BCUT2D eigenvalue weighted by Gasteiger charge is 2.27. The van der Waals surface area contributed by atoms with E-state index in [2.05, 4.69) is 17.0 Å². The van der Waals surface area contributed by atoms with Crippen LogP contribution < -0.4 is 9.62 Å². The second-order valence-electron chi connectivity index (χ2n) is 6.70. The fourth-order valence-corrected chi connectivity index (χ4v) is 5.01. The average Bonchev–Trinajstić information content (AvgIpc) is 3.03. The molecule has 162 valence electrons. The van der Waals surface area contributed by atoms with Crippen LogP contribution in [0, 0.1) is 6.92 Å². The number of sulfonamides is 1. The minimum absolute atomic E-state index is 0.00375. The highest BCUT2D eigenvalue weighted by atomic mass is 35.5. The van der Waals surface area contributed by atoms with Crippen molar-refractivity contribution in [1.29, 1.82) is 0 Å². The third-order valence-corrected chi connectivity index (χ3v) is 6.94. The van der Waals surface area contributed by atoms with Crippen molar-refractivity contribution in [3.63, 3.8) is 0 Å². The molecule has 1 aromatic heterocycles. The second-order valence-corrected chi connectivity index (χ2v) is 9.37. The molecule has 31 heavy (non-hydrogen) atoms. The summed E-state index contributed by atoms with van der Waals surface area (Å²) < 4.78 is 29.5. The van der Waals surface area contributed by atoms with Gasteiger partial charge in [0.1, 0.15) is 10.7 Å². The van der Waals surface area contributed by atoms with Crippen LogP contribution >= 0.6 is 23.2 Å². The number of nitrogens with one attached hydrogen (secondary N) is 1. The number of anilines is 2. The van der Waals surface area contributed by atoms with Crippen LogP contribution in [0.15, 0.2) is 66.1 Å². The van der Waals surface area contributed by atoms with Crippen molar-refractivity contribution in [3.8, 4) is 0 Å². The molecule has 1 N–H and O–H groups in total. The largest absolute Gasteiger partial charge is 0.307 e. The number of hydrogen-bond acceptors (Lipinski definition) is 4. The average molecular weight is 479 g/mol. The molecule has 1 heterocycles. The highest BCUT2D eigenvalue weighted by Crippen LogP contribution is 2.30. The summed E-state index contributed by atoms with van der Waals surface area (Å²) in [5.74, 6) is -0.00538. The molecule has 0 spiro atoms. The molecule has 10 heteroatoms. The molecule has 0 aliphatic carbocycles. The molecule has 0 radical (unpaired) electrons. The minimum Gasteiger partial charge on any atom is -0.307 e. The van der Waals surface area contributed by atoms with Crippen LogP contribution in [0.2, 0.25) is 10.0 Å². The Morgan fingerprint density at radius 3 is 2.45 bits per heavy atom. The lowest BCUT2D eigenvalue weighted by Crippen LogP contribution is -2.31. The van der Waals surface area contributed by atoms with Gasteiger partial charge >= 0.3 is 0 Å².